The van der Waals surface area contributed by atoms with E-state index in [1.54, 1.807) is 6.92 Å². The lowest BCUT2D eigenvalue weighted by atomic mass is 9.64. The maximum Gasteiger partial charge on any atom is 0.343 e. The summed E-state index contributed by atoms with van der Waals surface area (Å²) in [5.41, 5.74) is 0.877. The molecule has 0 amide bonds. The predicted molar refractivity (Wildman–Crippen MR) is 81.4 cm³/mol. The van der Waals surface area contributed by atoms with Crippen LogP contribution in [0.5, 0.6) is 0 Å². The summed E-state index contributed by atoms with van der Waals surface area (Å²) in [6.07, 6.45) is 2.60. The van der Waals surface area contributed by atoms with Crippen LogP contribution in [0.2, 0.25) is 6.32 Å². The topological polar surface area (TPSA) is 109 Å². The van der Waals surface area contributed by atoms with Gasteiger partial charge < -0.3 is 11.0 Å². The normalized spacial score (nSPS) is 10.2. The molecule has 19 heavy (non-hydrogen) atoms. The van der Waals surface area contributed by atoms with Crippen LogP contribution >= 0.6 is 0 Å². The molecule has 1 aromatic carbocycles. The molecule has 0 aliphatic rings. The van der Waals surface area contributed by atoms with Crippen LogP contribution in [0.1, 0.15) is 26.7 Å². The second-order valence-corrected chi connectivity index (χ2v) is 6.03. The lowest BCUT2D eigenvalue weighted by molar-refractivity contribution is 0.596. The summed E-state index contributed by atoms with van der Waals surface area (Å²) in [5, 5.41) is 0. The van der Waals surface area contributed by atoms with E-state index in [-0.39, 0.29) is 11.0 Å². The fraction of sp³-hybridized carbons (Fsp3) is 0.500. The van der Waals surface area contributed by atoms with E-state index < -0.39 is 15.9 Å². The smallest absolute Gasteiger partial charge is 0.343 e. The van der Waals surface area contributed by atoms with Gasteiger partial charge in [-0.25, -0.2) is 13.1 Å². The fourth-order valence-corrected chi connectivity index (χ4v) is 3.46. The summed E-state index contributed by atoms with van der Waals surface area (Å²) >= 11 is 0. The van der Waals surface area contributed by atoms with Gasteiger partial charge in [0.25, 0.3) is 0 Å². The van der Waals surface area contributed by atoms with E-state index in [1.165, 1.54) is 0 Å². The second-order valence-electron chi connectivity index (χ2n) is 4.08. The maximum absolute atomic E-state index is 12.1. The van der Waals surface area contributed by atoms with E-state index in [1.807, 2.05) is 30.3 Å². The van der Waals surface area contributed by atoms with Gasteiger partial charge in [0.05, 0.1) is 0 Å². The highest BCUT2D eigenvalue weighted by Crippen LogP contribution is 2.07. The van der Waals surface area contributed by atoms with Crippen molar-refractivity contribution in [3.05, 3.63) is 30.3 Å². The van der Waals surface area contributed by atoms with Gasteiger partial charge in [-0.3, -0.25) is 0 Å². The molecular formula is C12H24BNO4S. The van der Waals surface area contributed by atoms with Crippen LogP contribution in [-0.4, -0.2) is 31.9 Å². The first-order valence-corrected chi connectivity index (χ1v) is 7.69. The van der Waals surface area contributed by atoms with Gasteiger partial charge in [-0.05, 0) is 0 Å². The lowest BCUT2D eigenvalue weighted by Gasteiger charge is -2.14. The first kappa shape index (κ1) is 20.4. The molecule has 0 aromatic heterocycles. The van der Waals surface area contributed by atoms with E-state index in [0.717, 1.165) is 18.3 Å². The molecule has 7 heteroatoms. The monoisotopic (exact) mass is 289 g/mol. The average Bonchev–Trinajstić information content (AvgIpc) is 2.30. The first-order chi connectivity index (χ1) is 8.11. The predicted octanol–water partition coefficient (Wildman–Crippen LogP) is -0.0249. The third-order valence-corrected chi connectivity index (χ3v) is 4.66. The molecule has 0 fully saturated rings. The van der Waals surface area contributed by atoms with Crippen molar-refractivity contribution in [2.75, 3.05) is 6.54 Å². The molecule has 0 heterocycles. The Hall–Kier alpha value is -0.885. The molecule has 0 bridgehead atoms. The fourth-order valence-electron chi connectivity index (χ4n) is 1.86. The lowest BCUT2D eigenvalue weighted by Crippen LogP contribution is -2.45. The Morgan fingerprint density at radius 2 is 1.68 bits per heavy atom. The van der Waals surface area contributed by atoms with Crippen molar-refractivity contribution in [1.82, 2.24) is 4.72 Å². The Kier molecular flexibility index (Phi) is 10.7. The summed E-state index contributed by atoms with van der Waals surface area (Å²) in [6, 6.07) is 9.44. The van der Waals surface area contributed by atoms with Crippen LogP contribution in [0.4, 0.5) is 0 Å². The van der Waals surface area contributed by atoms with Crippen molar-refractivity contribution in [2.45, 2.75) is 33.0 Å². The SMILES string of the molecule is CCCCB(c1ccccc1)S(=O)(=O)NCC.O.O. The number of rotatable bonds is 7. The Labute approximate surface area is 116 Å². The van der Waals surface area contributed by atoms with Crippen molar-refractivity contribution in [1.29, 1.82) is 0 Å². The molecule has 0 saturated heterocycles. The molecule has 5 N–H and O–H groups in total. The van der Waals surface area contributed by atoms with E-state index in [4.69, 9.17) is 0 Å². The molecular weight excluding hydrogens is 265 g/mol. The molecule has 0 atom stereocenters. The number of unbranched alkanes of at least 4 members (excludes halogenated alkanes) is 1. The van der Waals surface area contributed by atoms with Gasteiger partial charge in [0.2, 0.25) is 0 Å². The molecule has 0 saturated carbocycles. The molecule has 5 nitrogen and oxygen atoms in total. The summed E-state index contributed by atoms with van der Waals surface area (Å²) < 4.78 is 26.9. The van der Waals surface area contributed by atoms with Gasteiger partial charge in [-0.1, -0.05) is 68.8 Å². The molecule has 1 rings (SSSR count). The summed E-state index contributed by atoms with van der Waals surface area (Å²) in [6.45, 7) is 4.32. The zero-order valence-electron chi connectivity index (χ0n) is 11.5. The maximum atomic E-state index is 12.1. The van der Waals surface area contributed by atoms with Crippen LogP contribution in [-0.2, 0) is 9.87 Å². The van der Waals surface area contributed by atoms with Crippen molar-refractivity contribution in [2.24, 2.45) is 0 Å². The first-order valence-electron chi connectivity index (χ1n) is 6.15. The quantitative estimate of drug-likeness (QED) is 0.711. The van der Waals surface area contributed by atoms with Gasteiger partial charge in [-0.2, -0.15) is 0 Å². The second kappa shape index (κ2) is 9.97. The Balaban J connectivity index is 0. The molecule has 0 spiro atoms. The molecule has 1 aromatic rings. The zero-order valence-corrected chi connectivity index (χ0v) is 12.3. The van der Waals surface area contributed by atoms with E-state index in [2.05, 4.69) is 11.6 Å². The third-order valence-electron chi connectivity index (χ3n) is 2.71. The van der Waals surface area contributed by atoms with Gasteiger partial charge in [0.15, 0.2) is 9.87 Å². The summed E-state index contributed by atoms with van der Waals surface area (Å²) in [7, 11) is -3.25. The number of benzene rings is 1. The zero-order chi connectivity index (χ0) is 12.7. The average molecular weight is 289 g/mol. The Morgan fingerprint density at radius 1 is 1.11 bits per heavy atom. The highest BCUT2D eigenvalue weighted by molar-refractivity contribution is 8.18. The van der Waals surface area contributed by atoms with Crippen molar-refractivity contribution in [3.63, 3.8) is 0 Å². The van der Waals surface area contributed by atoms with E-state index in [9.17, 15) is 8.42 Å². The van der Waals surface area contributed by atoms with Crippen molar-refractivity contribution >= 4 is 21.3 Å². The number of nitrogens with one attached hydrogen (secondary N) is 1. The minimum absolute atomic E-state index is 0. The minimum Gasteiger partial charge on any atom is -0.412 e. The van der Waals surface area contributed by atoms with Crippen LogP contribution in [0.3, 0.4) is 0 Å². The molecule has 110 valence electrons. The largest absolute Gasteiger partial charge is 0.412 e. The van der Waals surface area contributed by atoms with Crippen molar-refractivity contribution in [3.8, 4) is 0 Å². The van der Waals surface area contributed by atoms with Crippen LogP contribution in [0.25, 0.3) is 0 Å². The molecule has 0 radical (unpaired) electrons. The number of hydrogen-bond acceptors (Lipinski definition) is 2. The summed E-state index contributed by atoms with van der Waals surface area (Å²) in [5.74, 6) is -0.427. The highest BCUT2D eigenvalue weighted by atomic mass is 32.2. The van der Waals surface area contributed by atoms with Crippen molar-refractivity contribution < 1.29 is 19.4 Å². The standard InChI is InChI=1S/C12H20BNO2S.2H2O/c1-3-5-11-13(17(15,16)14-4-2)12-9-7-6-8-10-12;;/h6-10,14H,3-5,11H2,1-2H3;2*1H2. The number of hydrogen-bond donors (Lipinski definition) is 1. The van der Waals surface area contributed by atoms with Crippen LogP contribution in [0.15, 0.2) is 30.3 Å². The van der Waals surface area contributed by atoms with Gasteiger partial charge in [0.1, 0.15) is 0 Å². The van der Waals surface area contributed by atoms with E-state index >= 15 is 0 Å². The Bertz CT molecular complexity index is 425. The van der Waals surface area contributed by atoms with Gasteiger partial charge in [0, 0.05) is 6.54 Å². The third kappa shape index (κ3) is 6.20. The summed E-state index contributed by atoms with van der Waals surface area (Å²) in [4.78, 5) is 0. The molecule has 0 aliphatic carbocycles. The molecule has 0 unspecified atom stereocenters. The minimum atomic E-state index is -3.25. The highest BCUT2D eigenvalue weighted by Gasteiger charge is 2.31. The van der Waals surface area contributed by atoms with Gasteiger partial charge in [-0.15, -0.1) is 0 Å². The van der Waals surface area contributed by atoms with Gasteiger partial charge >= 0.3 is 5.99 Å². The van der Waals surface area contributed by atoms with E-state index in [0.29, 0.717) is 12.9 Å². The van der Waals surface area contributed by atoms with Crippen LogP contribution < -0.4 is 10.2 Å². The Morgan fingerprint density at radius 3 is 2.16 bits per heavy atom. The van der Waals surface area contributed by atoms with Crippen LogP contribution in [0, 0.1) is 0 Å². The molecule has 0 aliphatic heterocycles.